The monoisotopic (exact) mass is 395 g/mol. The van der Waals surface area contributed by atoms with Crippen LogP contribution < -0.4 is 4.74 Å². The third-order valence-corrected chi connectivity index (χ3v) is 4.91. The summed E-state index contributed by atoms with van der Waals surface area (Å²) >= 11 is 0. The number of hydrogen-bond donors (Lipinski definition) is 0. The van der Waals surface area contributed by atoms with E-state index in [1.54, 1.807) is 17.0 Å². The van der Waals surface area contributed by atoms with Gasteiger partial charge in [0.05, 0.1) is 6.61 Å². The maximum Gasteiger partial charge on any atom is 0.249 e. The van der Waals surface area contributed by atoms with Crippen LogP contribution in [0.2, 0.25) is 0 Å². The van der Waals surface area contributed by atoms with Gasteiger partial charge in [-0.05, 0) is 54.8 Å². The Balaban J connectivity index is 1.50. The van der Waals surface area contributed by atoms with Crippen molar-refractivity contribution in [1.29, 1.82) is 0 Å². The molecule has 1 unspecified atom stereocenters. The van der Waals surface area contributed by atoms with E-state index in [1.165, 1.54) is 12.1 Å². The average Bonchev–Trinajstić information content (AvgIpc) is 3.36. The van der Waals surface area contributed by atoms with Gasteiger partial charge in [-0.15, -0.1) is 0 Å². The summed E-state index contributed by atoms with van der Waals surface area (Å²) in [6.07, 6.45) is 1.99. The van der Waals surface area contributed by atoms with Crippen molar-refractivity contribution in [2.75, 3.05) is 6.61 Å². The summed E-state index contributed by atoms with van der Waals surface area (Å²) in [4.78, 5) is 18.6. The lowest BCUT2D eigenvalue weighted by Crippen LogP contribution is -2.27. The molecule has 150 valence electrons. The first-order chi connectivity index (χ1) is 14.1. The predicted molar refractivity (Wildman–Crippen MR) is 104 cm³/mol. The largest absolute Gasteiger partial charge is 0.494 e. The fraction of sp³-hybridized carbons (Fsp3) is 0.318. The van der Waals surface area contributed by atoms with Crippen molar-refractivity contribution in [1.82, 2.24) is 15.0 Å². The molecule has 1 saturated heterocycles. The molecule has 0 bridgehead atoms. The highest BCUT2D eigenvalue weighted by Crippen LogP contribution is 2.34. The van der Waals surface area contributed by atoms with Gasteiger partial charge in [0.15, 0.2) is 0 Å². The van der Waals surface area contributed by atoms with Crippen LogP contribution in [0.25, 0.3) is 11.4 Å². The summed E-state index contributed by atoms with van der Waals surface area (Å²) in [6.45, 7) is 3.11. The highest BCUT2D eigenvalue weighted by Gasteiger charge is 2.36. The molecular formula is C22H22FN3O3. The molecule has 1 aliphatic rings. The summed E-state index contributed by atoms with van der Waals surface area (Å²) in [5.74, 6) is 1.41. The first-order valence-corrected chi connectivity index (χ1v) is 9.75. The van der Waals surface area contributed by atoms with Crippen LogP contribution in [0.15, 0.2) is 53.1 Å². The number of likely N-dealkylation sites (tertiary alicyclic amines) is 1. The molecule has 0 saturated carbocycles. The van der Waals surface area contributed by atoms with E-state index < -0.39 is 0 Å². The van der Waals surface area contributed by atoms with Gasteiger partial charge in [-0.3, -0.25) is 4.79 Å². The molecule has 1 fully saturated rings. The molecule has 1 aromatic heterocycles. The quantitative estimate of drug-likeness (QED) is 0.588. The molecule has 6 nitrogen and oxygen atoms in total. The van der Waals surface area contributed by atoms with Crippen molar-refractivity contribution in [2.45, 2.75) is 38.8 Å². The number of aromatic nitrogens is 2. The molecule has 2 aromatic carbocycles. The SMILES string of the molecule is CCCOc1ccc(-c2noc(C3CCC(=O)N3Cc3ccc(F)cc3)n2)cc1. The summed E-state index contributed by atoms with van der Waals surface area (Å²) in [5.41, 5.74) is 1.67. The normalized spacial score (nSPS) is 16.4. The smallest absolute Gasteiger partial charge is 0.249 e. The highest BCUT2D eigenvalue weighted by molar-refractivity contribution is 5.78. The van der Waals surface area contributed by atoms with Gasteiger partial charge >= 0.3 is 0 Å². The number of benzene rings is 2. The molecule has 0 radical (unpaired) electrons. The average molecular weight is 395 g/mol. The Bertz CT molecular complexity index is 970. The molecular weight excluding hydrogens is 373 g/mol. The molecule has 1 amide bonds. The molecule has 29 heavy (non-hydrogen) atoms. The van der Waals surface area contributed by atoms with Crippen molar-refractivity contribution < 1.29 is 18.4 Å². The van der Waals surface area contributed by atoms with Gasteiger partial charge in [0.1, 0.15) is 17.6 Å². The highest BCUT2D eigenvalue weighted by atomic mass is 19.1. The molecule has 0 spiro atoms. The third-order valence-electron chi connectivity index (χ3n) is 4.91. The van der Waals surface area contributed by atoms with Crippen LogP contribution in [-0.4, -0.2) is 27.6 Å². The molecule has 7 heteroatoms. The first-order valence-electron chi connectivity index (χ1n) is 9.75. The van der Waals surface area contributed by atoms with Crippen LogP contribution in [0.3, 0.4) is 0 Å². The molecule has 0 N–H and O–H groups in total. The number of ether oxygens (including phenoxy) is 1. The topological polar surface area (TPSA) is 68.5 Å². The Morgan fingerprint density at radius 3 is 2.66 bits per heavy atom. The van der Waals surface area contributed by atoms with E-state index in [-0.39, 0.29) is 17.8 Å². The van der Waals surface area contributed by atoms with Crippen LogP contribution in [0, 0.1) is 5.82 Å². The number of carbonyl (C=O) groups excluding carboxylic acids is 1. The number of amides is 1. The Hall–Kier alpha value is -3.22. The number of carbonyl (C=O) groups is 1. The van der Waals surface area contributed by atoms with Gasteiger partial charge in [0.25, 0.3) is 0 Å². The van der Waals surface area contributed by atoms with Crippen LogP contribution in [0.1, 0.15) is 43.7 Å². The Morgan fingerprint density at radius 2 is 1.93 bits per heavy atom. The molecule has 4 rings (SSSR count). The van der Waals surface area contributed by atoms with Gasteiger partial charge in [0, 0.05) is 18.5 Å². The Labute approximate surface area is 168 Å². The number of hydrogen-bond acceptors (Lipinski definition) is 5. The standard InChI is InChI=1S/C22H22FN3O3/c1-2-13-28-18-9-5-16(6-10-18)21-24-22(29-25-21)19-11-12-20(27)26(19)14-15-3-7-17(23)8-4-15/h3-10,19H,2,11-14H2,1H3. The second-order valence-electron chi connectivity index (χ2n) is 7.03. The van der Waals surface area contributed by atoms with E-state index in [9.17, 15) is 9.18 Å². The van der Waals surface area contributed by atoms with Gasteiger partial charge in [-0.1, -0.05) is 24.2 Å². The lowest BCUT2D eigenvalue weighted by atomic mass is 10.1. The number of rotatable bonds is 7. The zero-order valence-corrected chi connectivity index (χ0v) is 16.2. The summed E-state index contributed by atoms with van der Waals surface area (Å²) in [6, 6.07) is 13.4. The van der Waals surface area contributed by atoms with E-state index in [2.05, 4.69) is 17.1 Å². The van der Waals surface area contributed by atoms with E-state index in [4.69, 9.17) is 9.26 Å². The lowest BCUT2D eigenvalue weighted by molar-refractivity contribution is -0.129. The lowest BCUT2D eigenvalue weighted by Gasteiger charge is -2.22. The van der Waals surface area contributed by atoms with Gasteiger partial charge in [0.2, 0.25) is 17.6 Å². The van der Waals surface area contributed by atoms with Crippen molar-refractivity contribution in [3.8, 4) is 17.1 Å². The molecule has 1 atom stereocenters. The third kappa shape index (κ3) is 4.29. The second-order valence-corrected chi connectivity index (χ2v) is 7.03. The van der Waals surface area contributed by atoms with Gasteiger partial charge < -0.3 is 14.2 Å². The van der Waals surface area contributed by atoms with Crippen molar-refractivity contribution in [3.63, 3.8) is 0 Å². The minimum Gasteiger partial charge on any atom is -0.494 e. The fourth-order valence-corrected chi connectivity index (χ4v) is 3.38. The van der Waals surface area contributed by atoms with Crippen LogP contribution >= 0.6 is 0 Å². The molecule has 1 aliphatic heterocycles. The predicted octanol–water partition coefficient (Wildman–Crippen LogP) is 4.53. The zero-order chi connectivity index (χ0) is 20.2. The minimum atomic E-state index is -0.300. The second kappa shape index (κ2) is 8.43. The number of halogens is 1. The summed E-state index contributed by atoms with van der Waals surface area (Å²) in [5, 5.41) is 4.09. The fourth-order valence-electron chi connectivity index (χ4n) is 3.38. The minimum absolute atomic E-state index is 0.0245. The molecule has 0 aliphatic carbocycles. The molecule has 3 aromatic rings. The number of nitrogens with zero attached hydrogens (tertiary/aromatic N) is 3. The van der Waals surface area contributed by atoms with E-state index in [0.29, 0.717) is 37.7 Å². The Morgan fingerprint density at radius 1 is 1.17 bits per heavy atom. The van der Waals surface area contributed by atoms with Crippen molar-refractivity contribution >= 4 is 5.91 Å². The molecule has 2 heterocycles. The van der Waals surface area contributed by atoms with Crippen molar-refractivity contribution in [3.05, 3.63) is 65.8 Å². The van der Waals surface area contributed by atoms with Gasteiger partial charge in [-0.2, -0.15) is 4.98 Å². The van der Waals surface area contributed by atoms with E-state index in [0.717, 1.165) is 23.3 Å². The maximum absolute atomic E-state index is 13.1. The van der Waals surface area contributed by atoms with Crippen LogP contribution in [0.4, 0.5) is 4.39 Å². The van der Waals surface area contributed by atoms with Crippen molar-refractivity contribution in [2.24, 2.45) is 0 Å². The van der Waals surface area contributed by atoms with Gasteiger partial charge in [-0.25, -0.2) is 4.39 Å². The maximum atomic E-state index is 13.1. The van der Waals surface area contributed by atoms with E-state index in [1.807, 2.05) is 24.3 Å². The van der Waals surface area contributed by atoms with E-state index >= 15 is 0 Å². The summed E-state index contributed by atoms with van der Waals surface area (Å²) < 4.78 is 24.2. The zero-order valence-electron chi connectivity index (χ0n) is 16.2. The Kier molecular flexibility index (Phi) is 5.55. The summed E-state index contributed by atoms with van der Waals surface area (Å²) in [7, 11) is 0. The first kappa shape index (κ1) is 19.1. The van der Waals surface area contributed by atoms with Crippen LogP contribution in [-0.2, 0) is 11.3 Å². The van der Waals surface area contributed by atoms with Crippen LogP contribution in [0.5, 0.6) is 5.75 Å².